The lowest BCUT2D eigenvalue weighted by Crippen LogP contribution is -2.58. The molecule has 3 aliphatic carbocycles. The zero-order chi connectivity index (χ0) is 22.2. The third-order valence-electron chi connectivity index (χ3n) is 7.67. The van der Waals surface area contributed by atoms with Crippen LogP contribution in [0.15, 0.2) is 72.8 Å². The van der Waals surface area contributed by atoms with Crippen LogP contribution in [0.25, 0.3) is 0 Å². The molecule has 7 rings (SSSR count). The van der Waals surface area contributed by atoms with E-state index in [1.54, 1.807) is 38.3 Å². The van der Waals surface area contributed by atoms with Crippen LogP contribution in [0.5, 0.6) is 5.75 Å². The van der Waals surface area contributed by atoms with Crippen LogP contribution in [0.1, 0.15) is 35.1 Å². The Kier molecular flexibility index (Phi) is 3.93. The summed E-state index contributed by atoms with van der Waals surface area (Å²) in [6.07, 6.45) is -0.855. The van der Waals surface area contributed by atoms with E-state index in [0.29, 0.717) is 11.4 Å². The lowest BCUT2D eigenvalue weighted by atomic mass is 9.46. The van der Waals surface area contributed by atoms with Crippen LogP contribution in [-0.2, 0) is 15.0 Å². The SMILES string of the molecule is COc1ccc(N2C(=O)[C@@H]3C4c5ccccc5C([C@H](C)O)(c5ccccc54)[C@@H]3C2=O)cc1. The van der Waals surface area contributed by atoms with E-state index in [0.717, 1.165) is 22.3 Å². The third kappa shape index (κ3) is 2.12. The first-order valence-corrected chi connectivity index (χ1v) is 10.9. The number of aliphatic hydroxyl groups excluding tert-OH is 1. The van der Waals surface area contributed by atoms with Crippen molar-refractivity contribution >= 4 is 17.5 Å². The summed E-state index contributed by atoms with van der Waals surface area (Å²) >= 11 is 0. The lowest BCUT2D eigenvalue weighted by molar-refractivity contribution is -0.126. The highest BCUT2D eigenvalue weighted by Gasteiger charge is 2.69. The summed E-state index contributed by atoms with van der Waals surface area (Å²) in [6.45, 7) is 1.74. The number of benzene rings is 3. The fourth-order valence-electron chi connectivity index (χ4n) is 6.53. The van der Waals surface area contributed by atoms with Crippen molar-refractivity contribution < 1.29 is 19.4 Å². The summed E-state index contributed by atoms with van der Waals surface area (Å²) < 4.78 is 5.23. The number of anilines is 1. The zero-order valence-electron chi connectivity index (χ0n) is 17.9. The molecule has 0 saturated carbocycles. The average Bonchev–Trinajstić information content (AvgIpc) is 3.09. The topological polar surface area (TPSA) is 66.8 Å². The minimum atomic E-state index is -0.972. The normalized spacial score (nSPS) is 28.2. The number of hydrogen-bond donors (Lipinski definition) is 1. The molecule has 3 aromatic rings. The standard InChI is InChI=1S/C27H23NO4/c1-15(29)27-20-9-5-3-7-18(20)22(19-8-4-6-10-21(19)27)23-24(27)26(31)28(25(23)30)16-11-13-17(32-2)14-12-16/h3-15,22-24,29H,1-2H3/t15-,22?,23+,24-,27?/m0/s1. The zero-order valence-corrected chi connectivity index (χ0v) is 17.9. The van der Waals surface area contributed by atoms with Crippen molar-refractivity contribution in [2.24, 2.45) is 11.8 Å². The minimum absolute atomic E-state index is 0.204. The molecule has 4 aliphatic rings. The quantitative estimate of drug-likeness (QED) is 0.651. The first kappa shape index (κ1) is 19.3. The second-order valence-electron chi connectivity index (χ2n) is 8.91. The van der Waals surface area contributed by atoms with Crippen LogP contribution in [0.3, 0.4) is 0 Å². The number of aliphatic hydroxyl groups is 1. The third-order valence-corrected chi connectivity index (χ3v) is 7.67. The van der Waals surface area contributed by atoms with Crippen molar-refractivity contribution in [3.63, 3.8) is 0 Å². The summed E-state index contributed by atoms with van der Waals surface area (Å²) in [4.78, 5) is 29.2. The van der Waals surface area contributed by atoms with Gasteiger partial charge in [-0.2, -0.15) is 0 Å². The average molecular weight is 425 g/mol. The van der Waals surface area contributed by atoms with Gasteiger partial charge in [-0.05, 0) is 53.4 Å². The highest BCUT2D eigenvalue weighted by molar-refractivity contribution is 6.23. The first-order chi connectivity index (χ1) is 15.5. The predicted octanol–water partition coefficient (Wildman–Crippen LogP) is 3.63. The molecule has 1 aliphatic heterocycles. The van der Waals surface area contributed by atoms with Crippen LogP contribution < -0.4 is 9.64 Å². The van der Waals surface area contributed by atoms with E-state index in [9.17, 15) is 14.7 Å². The monoisotopic (exact) mass is 425 g/mol. The Labute approximate surface area is 186 Å². The van der Waals surface area contributed by atoms with E-state index in [-0.39, 0.29) is 17.7 Å². The van der Waals surface area contributed by atoms with Crippen molar-refractivity contribution in [3.8, 4) is 5.75 Å². The molecular formula is C27H23NO4. The number of rotatable bonds is 3. The Hall–Kier alpha value is -3.44. The Morgan fingerprint density at radius 1 is 0.875 bits per heavy atom. The number of amides is 2. The highest BCUT2D eigenvalue weighted by atomic mass is 16.5. The number of hydrogen-bond acceptors (Lipinski definition) is 4. The molecule has 0 spiro atoms. The first-order valence-electron chi connectivity index (χ1n) is 10.9. The van der Waals surface area contributed by atoms with Gasteiger partial charge < -0.3 is 9.84 Å². The molecule has 2 bridgehead atoms. The molecule has 3 aromatic carbocycles. The summed E-state index contributed by atoms with van der Waals surface area (Å²) in [5.41, 5.74) is 3.54. The molecule has 32 heavy (non-hydrogen) atoms. The number of nitrogens with zero attached hydrogens (tertiary/aromatic N) is 1. The van der Waals surface area contributed by atoms with E-state index in [4.69, 9.17) is 4.74 Å². The number of imide groups is 1. The summed E-state index contributed by atoms with van der Waals surface area (Å²) in [5.74, 6) is -1.22. The van der Waals surface area contributed by atoms with Gasteiger partial charge in [-0.3, -0.25) is 9.59 Å². The summed E-state index contributed by atoms with van der Waals surface area (Å²) in [5, 5.41) is 11.3. The Bertz CT molecular complexity index is 1220. The molecule has 5 heteroatoms. The molecule has 0 unspecified atom stereocenters. The maximum atomic E-state index is 14.0. The van der Waals surface area contributed by atoms with E-state index < -0.39 is 23.4 Å². The predicted molar refractivity (Wildman–Crippen MR) is 120 cm³/mol. The fraction of sp³-hybridized carbons (Fsp3) is 0.259. The Morgan fingerprint density at radius 3 is 1.97 bits per heavy atom. The number of ether oxygens (including phenoxy) is 1. The second kappa shape index (κ2) is 6.53. The van der Waals surface area contributed by atoms with Gasteiger partial charge in [0, 0.05) is 5.92 Å². The Balaban J connectivity index is 1.62. The number of methoxy groups -OCH3 is 1. The second-order valence-corrected chi connectivity index (χ2v) is 8.91. The smallest absolute Gasteiger partial charge is 0.239 e. The van der Waals surface area contributed by atoms with E-state index in [1.807, 2.05) is 48.5 Å². The summed E-state index contributed by atoms with van der Waals surface area (Å²) in [6, 6.07) is 22.9. The van der Waals surface area contributed by atoms with Crippen LogP contribution in [0, 0.1) is 11.8 Å². The maximum Gasteiger partial charge on any atom is 0.239 e. The highest BCUT2D eigenvalue weighted by Crippen LogP contribution is 2.65. The van der Waals surface area contributed by atoms with Crippen molar-refractivity contribution in [2.45, 2.75) is 24.4 Å². The van der Waals surface area contributed by atoms with Crippen LogP contribution in [0.4, 0.5) is 5.69 Å². The van der Waals surface area contributed by atoms with Gasteiger partial charge in [0.2, 0.25) is 11.8 Å². The van der Waals surface area contributed by atoms with Gasteiger partial charge in [0.1, 0.15) is 5.75 Å². The molecule has 1 saturated heterocycles. The number of carbonyl (C=O) groups excluding carboxylic acids is 2. The van der Waals surface area contributed by atoms with Gasteiger partial charge in [-0.15, -0.1) is 0 Å². The fourth-order valence-corrected chi connectivity index (χ4v) is 6.53. The van der Waals surface area contributed by atoms with Crippen LogP contribution in [-0.4, -0.2) is 30.1 Å². The molecule has 0 radical (unpaired) electrons. The van der Waals surface area contributed by atoms with Crippen molar-refractivity contribution in [1.82, 2.24) is 0 Å². The maximum absolute atomic E-state index is 14.0. The van der Waals surface area contributed by atoms with Crippen molar-refractivity contribution in [1.29, 1.82) is 0 Å². The molecule has 2 amide bonds. The van der Waals surface area contributed by atoms with E-state index in [1.165, 1.54) is 4.90 Å². The van der Waals surface area contributed by atoms with Crippen LogP contribution in [0.2, 0.25) is 0 Å². The van der Waals surface area contributed by atoms with Crippen molar-refractivity contribution in [2.75, 3.05) is 12.0 Å². The largest absolute Gasteiger partial charge is 0.497 e. The molecule has 3 atom stereocenters. The van der Waals surface area contributed by atoms with Gasteiger partial charge in [0.25, 0.3) is 0 Å². The van der Waals surface area contributed by atoms with Gasteiger partial charge >= 0.3 is 0 Å². The number of carbonyl (C=O) groups is 2. The van der Waals surface area contributed by atoms with Gasteiger partial charge in [-0.25, -0.2) is 4.90 Å². The van der Waals surface area contributed by atoms with E-state index >= 15 is 0 Å². The minimum Gasteiger partial charge on any atom is -0.497 e. The lowest BCUT2D eigenvalue weighted by Gasteiger charge is -2.55. The molecular weight excluding hydrogens is 402 g/mol. The molecule has 5 nitrogen and oxygen atoms in total. The van der Waals surface area contributed by atoms with Gasteiger partial charge in [0.15, 0.2) is 0 Å². The molecule has 1 fully saturated rings. The van der Waals surface area contributed by atoms with Crippen LogP contribution >= 0.6 is 0 Å². The van der Waals surface area contributed by atoms with Gasteiger partial charge in [-0.1, -0.05) is 48.5 Å². The molecule has 160 valence electrons. The van der Waals surface area contributed by atoms with Crippen molar-refractivity contribution in [3.05, 3.63) is 95.1 Å². The Morgan fingerprint density at radius 2 is 1.44 bits per heavy atom. The molecule has 1 heterocycles. The molecule has 1 N–H and O–H groups in total. The summed E-state index contributed by atoms with van der Waals surface area (Å²) in [7, 11) is 1.58. The van der Waals surface area contributed by atoms with Gasteiger partial charge in [0.05, 0.1) is 36.2 Å². The molecule has 0 aromatic heterocycles. The van der Waals surface area contributed by atoms with E-state index in [2.05, 4.69) is 0 Å².